The third kappa shape index (κ3) is 6.69. The van der Waals surface area contributed by atoms with Gasteiger partial charge in [0.25, 0.3) is 5.91 Å². The van der Waals surface area contributed by atoms with Gasteiger partial charge in [0.2, 0.25) is 11.8 Å². The summed E-state index contributed by atoms with van der Waals surface area (Å²) in [6.45, 7) is 16.2. The summed E-state index contributed by atoms with van der Waals surface area (Å²) in [5.74, 6) is -0.733. The zero-order chi connectivity index (χ0) is 28.3. The maximum absolute atomic E-state index is 14.5. The standard InChI is InChI=1S/C31H42N4O3/c1-9-21(2)28(37)34-19-11-13-25(34)29(38)35(24-16-14-23(15-17-24)30(3,4)5)26(22-12-10-18-32-20-22)27(36)33-31(6,7)8/h9-10,12,14-18,20,25-26H,11,13,19H2,1-8H3,(H,33,36)/b21-9+. The third-order valence-corrected chi connectivity index (χ3v) is 6.82. The van der Waals surface area contributed by atoms with Gasteiger partial charge in [-0.3, -0.25) is 24.3 Å². The van der Waals surface area contributed by atoms with Crippen molar-refractivity contribution in [2.45, 2.75) is 91.3 Å². The van der Waals surface area contributed by atoms with Crippen molar-refractivity contribution in [3.8, 4) is 0 Å². The van der Waals surface area contributed by atoms with E-state index in [0.717, 1.165) is 12.0 Å². The fourth-order valence-electron chi connectivity index (χ4n) is 4.70. The Hall–Kier alpha value is -3.48. The Morgan fingerprint density at radius 1 is 1.08 bits per heavy atom. The molecule has 2 atom stereocenters. The monoisotopic (exact) mass is 518 g/mol. The van der Waals surface area contributed by atoms with Gasteiger partial charge in [-0.1, -0.05) is 45.0 Å². The Bertz CT molecular complexity index is 1170. The molecule has 7 nitrogen and oxygen atoms in total. The minimum atomic E-state index is -0.962. The van der Waals surface area contributed by atoms with Crippen LogP contribution in [0.5, 0.6) is 0 Å². The van der Waals surface area contributed by atoms with Crippen molar-refractivity contribution in [1.82, 2.24) is 15.2 Å². The summed E-state index contributed by atoms with van der Waals surface area (Å²) in [6.07, 6.45) is 6.29. The van der Waals surface area contributed by atoms with Crippen LogP contribution in [0.3, 0.4) is 0 Å². The molecule has 2 unspecified atom stereocenters. The normalized spacial score (nSPS) is 17.2. The van der Waals surface area contributed by atoms with Crippen LogP contribution in [-0.2, 0) is 19.8 Å². The van der Waals surface area contributed by atoms with Crippen LogP contribution in [0.2, 0.25) is 0 Å². The van der Waals surface area contributed by atoms with E-state index >= 15 is 0 Å². The molecule has 0 saturated carbocycles. The molecule has 3 amide bonds. The lowest BCUT2D eigenvalue weighted by Gasteiger charge is -2.37. The minimum absolute atomic E-state index is 0.0710. The molecule has 0 spiro atoms. The molecule has 0 bridgehead atoms. The fraction of sp³-hybridized carbons (Fsp3) is 0.484. The molecule has 0 aliphatic carbocycles. The van der Waals surface area contributed by atoms with Crippen LogP contribution < -0.4 is 10.2 Å². The van der Waals surface area contributed by atoms with Crippen molar-refractivity contribution >= 4 is 23.4 Å². The van der Waals surface area contributed by atoms with Gasteiger partial charge in [-0.05, 0) is 76.6 Å². The van der Waals surface area contributed by atoms with E-state index in [9.17, 15) is 14.4 Å². The second-order valence-electron chi connectivity index (χ2n) is 12.1. The molecule has 204 valence electrons. The van der Waals surface area contributed by atoms with Crippen molar-refractivity contribution in [2.75, 3.05) is 11.4 Å². The summed E-state index contributed by atoms with van der Waals surface area (Å²) >= 11 is 0. The average molecular weight is 519 g/mol. The molecule has 1 aliphatic heterocycles. The predicted octanol–water partition coefficient (Wildman–Crippen LogP) is 5.33. The van der Waals surface area contributed by atoms with Crippen LogP contribution in [0.25, 0.3) is 0 Å². The van der Waals surface area contributed by atoms with Crippen molar-refractivity contribution < 1.29 is 14.4 Å². The maximum atomic E-state index is 14.5. The zero-order valence-electron chi connectivity index (χ0n) is 24.0. The van der Waals surface area contributed by atoms with Crippen LogP contribution in [-0.4, -0.2) is 45.7 Å². The van der Waals surface area contributed by atoms with Gasteiger partial charge in [-0.15, -0.1) is 0 Å². The summed E-state index contributed by atoms with van der Waals surface area (Å²) in [7, 11) is 0. The molecule has 3 rings (SSSR count). The number of benzene rings is 1. The number of hydrogen-bond donors (Lipinski definition) is 1. The highest BCUT2D eigenvalue weighted by atomic mass is 16.2. The summed E-state index contributed by atoms with van der Waals surface area (Å²) in [6, 6.07) is 9.73. The molecule has 38 heavy (non-hydrogen) atoms. The van der Waals surface area contributed by atoms with Crippen LogP contribution in [0, 0.1) is 0 Å². The van der Waals surface area contributed by atoms with Gasteiger partial charge in [-0.2, -0.15) is 0 Å². The lowest BCUT2D eigenvalue weighted by atomic mass is 9.87. The van der Waals surface area contributed by atoms with E-state index < -0.39 is 17.6 Å². The first-order chi connectivity index (χ1) is 17.7. The third-order valence-electron chi connectivity index (χ3n) is 6.82. The van der Waals surface area contributed by atoms with E-state index in [4.69, 9.17) is 0 Å². The van der Waals surface area contributed by atoms with E-state index in [0.29, 0.717) is 29.8 Å². The number of likely N-dealkylation sites (tertiary alicyclic amines) is 1. The van der Waals surface area contributed by atoms with Crippen molar-refractivity contribution in [2.24, 2.45) is 0 Å². The molecule has 1 saturated heterocycles. The number of carbonyl (C=O) groups excluding carboxylic acids is 3. The Kier molecular flexibility index (Phi) is 8.80. The number of nitrogens with zero attached hydrogens (tertiary/aromatic N) is 3. The SMILES string of the molecule is C/C=C(\C)C(=O)N1CCCC1C(=O)N(c1ccc(C(C)(C)C)cc1)C(C(=O)NC(C)(C)C)c1cccnc1. The predicted molar refractivity (Wildman–Crippen MR) is 152 cm³/mol. The Labute approximate surface area is 227 Å². The van der Waals surface area contributed by atoms with E-state index in [1.807, 2.05) is 58.0 Å². The summed E-state index contributed by atoms with van der Waals surface area (Å²) in [5, 5.41) is 3.06. The van der Waals surface area contributed by atoms with Gasteiger partial charge in [0.15, 0.2) is 0 Å². The van der Waals surface area contributed by atoms with Crippen molar-refractivity contribution in [1.29, 1.82) is 0 Å². The number of pyridine rings is 1. The Morgan fingerprint density at radius 2 is 1.74 bits per heavy atom. The topological polar surface area (TPSA) is 82.6 Å². The molecule has 1 aromatic carbocycles. The van der Waals surface area contributed by atoms with Gasteiger partial charge in [0.05, 0.1) is 0 Å². The first kappa shape index (κ1) is 29.1. The van der Waals surface area contributed by atoms with Crippen LogP contribution in [0.1, 0.15) is 85.4 Å². The number of carbonyl (C=O) groups is 3. The highest BCUT2D eigenvalue weighted by Gasteiger charge is 2.42. The fourth-order valence-corrected chi connectivity index (χ4v) is 4.70. The van der Waals surface area contributed by atoms with Gasteiger partial charge in [0.1, 0.15) is 12.1 Å². The Morgan fingerprint density at radius 3 is 2.26 bits per heavy atom. The first-order valence-corrected chi connectivity index (χ1v) is 13.3. The number of amides is 3. The largest absolute Gasteiger partial charge is 0.349 e. The molecule has 2 heterocycles. The highest BCUT2D eigenvalue weighted by Crippen LogP contribution is 2.34. The molecule has 7 heteroatoms. The minimum Gasteiger partial charge on any atom is -0.349 e. The molecule has 1 N–H and O–H groups in total. The van der Waals surface area contributed by atoms with Crippen molar-refractivity contribution in [3.63, 3.8) is 0 Å². The Balaban J connectivity index is 2.17. The number of rotatable bonds is 6. The molecular formula is C31H42N4O3. The number of anilines is 1. The molecule has 1 fully saturated rings. The lowest BCUT2D eigenvalue weighted by Crippen LogP contribution is -2.54. The van der Waals surface area contributed by atoms with Crippen molar-refractivity contribution in [3.05, 3.63) is 71.6 Å². The van der Waals surface area contributed by atoms with Gasteiger partial charge in [0, 0.05) is 41.3 Å². The highest BCUT2D eigenvalue weighted by molar-refractivity contribution is 6.06. The van der Waals surface area contributed by atoms with E-state index in [-0.39, 0.29) is 23.1 Å². The number of nitrogens with one attached hydrogen (secondary N) is 1. The smallest absolute Gasteiger partial charge is 0.250 e. The zero-order valence-corrected chi connectivity index (χ0v) is 24.0. The second kappa shape index (κ2) is 11.5. The molecule has 0 radical (unpaired) electrons. The van der Waals surface area contributed by atoms with Crippen LogP contribution >= 0.6 is 0 Å². The molecule has 1 aliphatic rings. The maximum Gasteiger partial charge on any atom is 0.250 e. The molecule has 2 aromatic rings. The molecule has 1 aromatic heterocycles. The summed E-state index contributed by atoms with van der Waals surface area (Å²) < 4.78 is 0. The summed E-state index contributed by atoms with van der Waals surface area (Å²) in [4.78, 5) is 48.9. The summed E-state index contributed by atoms with van der Waals surface area (Å²) in [5.41, 5.74) is 2.33. The number of hydrogen-bond acceptors (Lipinski definition) is 4. The first-order valence-electron chi connectivity index (χ1n) is 13.3. The van der Waals surface area contributed by atoms with Gasteiger partial charge in [-0.25, -0.2) is 0 Å². The molecular weight excluding hydrogens is 476 g/mol. The van der Waals surface area contributed by atoms with E-state index in [1.165, 1.54) is 0 Å². The quantitative estimate of drug-likeness (QED) is 0.525. The number of allylic oxidation sites excluding steroid dienone is 1. The number of aromatic nitrogens is 1. The van der Waals surface area contributed by atoms with Crippen LogP contribution in [0.15, 0.2) is 60.4 Å². The van der Waals surface area contributed by atoms with Gasteiger partial charge >= 0.3 is 0 Å². The van der Waals surface area contributed by atoms with E-state index in [1.54, 1.807) is 41.3 Å². The second-order valence-corrected chi connectivity index (χ2v) is 12.1. The van der Waals surface area contributed by atoms with Crippen LogP contribution in [0.4, 0.5) is 5.69 Å². The van der Waals surface area contributed by atoms with Gasteiger partial charge < -0.3 is 10.2 Å². The average Bonchev–Trinajstić information content (AvgIpc) is 3.35. The lowest BCUT2D eigenvalue weighted by molar-refractivity contribution is -0.135. The van der Waals surface area contributed by atoms with E-state index in [2.05, 4.69) is 31.1 Å².